The molecule has 2 rings (SSSR count). The lowest BCUT2D eigenvalue weighted by atomic mass is 9.85. The molecule has 110 valence electrons. The topological polar surface area (TPSA) is 105 Å². The van der Waals surface area contributed by atoms with Crippen LogP contribution in [0.4, 0.5) is 0 Å². The molecular formula is C13H19N3O3S. The largest absolute Gasteiger partial charge is 0.476 e. The first-order valence-electron chi connectivity index (χ1n) is 6.72. The van der Waals surface area contributed by atoms with Crippen molar-refractivity contribution in [2.45, 2.75) is 44.7 Å². The van der Waals surface area contributed by atoms with Gasteiger partial charge in [-0.2, -0.15) is 0 Å². The molecule has 0 radical (unpaired) electrons. The van der Waals surface area contributed by atoms with Crippen molar-refractivity contribution >= 4 is 23.2 Å². The molecule has 0 spiro atoms. The van der Waals surface area contributed by atoms with E-state index < -0.39 is 5.97 Å². The first-order valence-corrected chi connectivity index (χ1v) is 7.60. The Labute approximate surface area is 121 Å². The Kier molecular flexibility index (Phi) is 4.72. The van der Waals surface area contributed by atoms with E-state index in [0.29, 0.717) is 5.01 Å². The Balaban J connectivity index is 1.94. The summed E-state index contributed by atoms with van der Waals surface area (Å²) in [7, 11) is 0. The van der Waals surface area contributed by atoms with E-state index in [4.69, 9.17) is 10.8 Å². The normalized spacial score (nSPS) is 24.1. The maximum absolute atomic E-state index is 12.2. The number of carbonyl (C=O) groups is 2. The SMILES string of the molecule is CC(NC(=O)C1CCCC(N)C1)c1nc(C(=O)O)cs1. The third kappa shape index (κ3) is 3.55. The summed E-state index contributed by atoms with van der Waals surface area (Å²) in [6.45, 7) is 1.81. The molecule has 4 N–H and O–H groups in total. The summed E-state index contributed by atoms with van der Waals surface area (Å²) in [5.74, 6) is -1.11. The maximum Gasteiger partial charge on any atom is 0.355 e. The highest BCUT2D eigenvalue weighted by Crippen LogP contribution is 2.25. The lowest BCUT2D eigenvalue weighted by molar-refractivity contribution is -0.126. The van der Waals surface area contributed by atoms with Crippen LogP contribution in [0, 0.1) is 5.92 Å². The zero-order valence-electron chi connectivity index (χ0n) is 11.3. The minimum Gasteiger partial charge on any atom is -0.476 e. The summed E-state index contributed by atoms with van der Waals surface area (Å²) in [6, 6.07) is -0.174. The van der Waals surface area contributed by atoms with Gasteiger partial charge < -0.3 is 16.2 Å². The number of carboxylic acids is 1. The molecule has 0 bridgehead atoms. The van der Waals surface area contributed by atoms with Crippen LogP contribution in [0.15, 0.2) is 5.38 Å². The molecule has 1 aliphatic rings. The van der Waals surface area contributed by atoms with E-state index in [1.54, 1.807) is 0 Å². The molecule has 3 unspecified atom stereocenters. The summed E-state index contributed by atoms with van der Waals surface area (Å²) in [4.78, 5) is 26.9. The van der Waals surface area contributed by atoms with Gasteiger partial charge in [0.25, 0.3) is 0 Å². The van der Waals surface area contributed by atoms with Gasteiger partial charge in [-0.05, 0) is 26.2 Å². The second-order valence-electron chi connectivity index (χ2n) is 5.23. The highest BCUT2D eigenvalue weighted by Gasteiger charge is 2.27. The number of aromatic carboxylic acids is 1. The molecule has 1 aromatic heterocycles. The number of rotatable bonds is 4. The molecule has 0 aromatic carbocycles. The fraction of sp³-hybridized carbons (Fsp3) is 0.615. The van der Waals surface area contributed by atoms with Crippen molar-refractivity contribution in [1.29, 1.82) is 0 Å². The van der Waals surface area contributed by atoms with Crippen molar-refractivity contribution in [3.8, 4) is 0 Å². The number of aromatic nitrogens is 1. The average Bonchev–Trinajstić information content (AvgIpc) is 2.88. The fourth-order valence-corrected chi connectivity index (χ4v) is 3.24. The number of nitrogens with two attached hydrogens (primary N) is 1. The first kappa shape index (κ1) is 14.9. The predicted octanol–water partition coefficient (Wildman–Crippen LogP) is 1.54. The van der Waals surface area contributed by atoms with E-state index in [9.17, 15) is 9.59 Å². The second kappa shape index (κ2) is 6.32. The number of carbonyl (C=O) groups excluding carboxylic acids is 1. The lowest BCUT2D eigenvalue weighted by Crippen LogP contribution is -2.38. The van der Waals surface area contributed by atoms with Crippen LogP contribution in [0.25, 0.3) is 0 Å². The van der Waals surface area contributed by atoms with E-state index in [-0.39, 0.29) is 29.6 Å². The summed E-state index contributed by atoms with van der Waals surface area (Å²) in [5, 5.41) is 13.8. The van der Waals surface area contributed by atoms with Crippen molar-refractivity contribution in [2.24, 2.45) is 11.7 Å². The van der Waals surface area contributed by atoms with Crippen LogP contribution in [0.3, 0.4) is 0 Å². The molecule has 1 amide bonds. The number of nitrogens with zero attached hydrogens (tertiary/aromatic N) is 1. The monoisotopic (exact) mass is 297 g/mol. The molecule has 3 atom stereocenters. The molecule has 1 saturated carbocycles. The zero-order chi connectivity index (χ0) is 14.7. The number of carboxylic acid groups (broad SMARTS) is 1. The maximum atomic E-state index is 12.2. The Morgan fingerprint density at radius 1 is 1.55 bits per heavy atom. The summed E-state index contributed by atoms with van der Waals surface area (Å²) in [6.07, 6.45) is 3.54. The third-order valence-electron chi connectivity index (χ3n) is 3.56. The van der Waals surface area contributed by atoms with Gasteiger partial charge in [0.2, 0.25) is 5.91 Å². The quantitative estimate of drug-likeness (QED) is 0.781. The van der Waals surface area contributed by atoms with Crippen LogP contribution in [0.1, 0.15) is 54.1 Å². The Bertz CT molecular complexity index is 503. The minimum atomic E-state index is -1.05. The Morgan fingerprint density at radius 3 is 2.90 bits per heavy atom. The van der Waals surface area contributed by atoms with E-state index in [2.05, 4.69) is 10.3 Å². The fourth-order valence-electron chi connectivity index (χ4n) is 2.44. The number of hydrogen-bond acceptors (Lipinski definition) is 5. The van der Waals surface area contributed by atoms with Crippen molar-refractivity contribution < 1.29 is 14.7 Å². The van der Waals surface area contributed by atoms with Gasteiger partial charge in [0.15, 0.2) is 5.69 Å². The smallest absolute Gasteiger partial charge is 0.355 e. The average molecular weight is 297 g/mol. The number of thiazole rings is 1. The van der Waals surface area contributed by atoms with E-state index in [1.807, 2.05) is 6.92 Å². The number of amides is 1. The van der Waals surface area contributed by atoms with E-state index in [0.717, 1.165) is 25.7 Å². The molecule has 0 saturated heterocycles. The van der Waals surface area contributed by atoms with E-state index in [1.165, 1.54) is 16.7 Å². The van der Waals surface area contributed by atoms with Crippen molar-refractivity contribution in [2.75, 3.05) is 0 Å². The first-order chi connectivity index (χ1) is 9.47. The zero-order valence-corrected chi connectivity index (χ0v) is 12.2. The molecular weight excluding hydrogens is 278 g/mol. The van der Waals surface area contributed by atoms with Gasteiger partial charge in [0.1, 0.15) is 5.01 Å². The third-order valence-corrected chi connectivity index (χ3v) is 4.58. The van der Waals surface area contributed by atoms with Crippen LogP contribution >= 0.6 is 11.3 Å². The lowest BCUT2D eigenvalue weighted by Gasteiger charge is -2.26. The van der Waals surface area contributed by atoms with Crippen LogP contribution in [-0.4, -0.2) is 28.0 Å². The standard InChI is InChI=1S/C13H19N3O3S/c1-7(12-16-10(6-20-12)13(18)19)15-11(17)8-3-2-4-9(14)5-8/h6-9H,2-5,14H2,1H3,(H,15,17)(H,18,19). The summed E-state index contributed by atoms with van der Waals surface area (Å²) >= 11 is 1.24. The molecule has 1 aromatic rings. The van der Waals surface area contributed by atoms with Crippen molar-refractivity contribution in [3.05, 3.63) is 16.1 Å². The van der Waals surface area contributed by atoms with Gasteiger partial charge in [0.05, 0.1) is 6.04 Å². The second-order valence-corrected chi connectivity index (χ2v) is 6.12. The van der Waals surface area contributed by atoms with Crippen LogP contribution in [-0.2, 0) is 4.79 Å². The summed E-state index contributed by atoms with van der Waals surface area (Å²) < 4.78 is 0. The molecule has 1 aliphatic carbocycles. The molecule has 20 heavy (non-hydrogen) atoms. The van der Waals surface area contributed by atoms with Gasteiger partial charge in [-0.1, -0.05) is 6.42 Å². The molecule has 1 heterocycles. The van der Waals surface area contributed by atoms with Crippen molar-refractivity contribution in [1.82, 2.24) is 10.3 Å². The molecule has 6 nitrogen and oxygen atoms in total. The predicted molar refractivity (Wildman–Crippen MR) is 75.6 cm³/mol. The summed E-state index contributed by atoms with van der Waals surface area (Å²) in [5.41, 5.74) is 5.91. The molecule has 0 aliphatic heterocycles. The van der Waals surface area contributed by atoms with Crippen LogP contribution in [0.5, 0.6) is 0 Å². The Hall–Kier alpha value is -1.47. The van der Waals surface area contributed by atoms with Crippen LogP contribution < -0.4 is 11.1 Å². The van der Waals surface area contributed by atoms with Crippen molar-refractivity contribution in [3.63, 3.8) is 0 Å². The van der Waals surface area contributed by atoms with Gasteiger partial charge in [0, 0.05) is 17.3 Å². The molecule has 7 heteroatoms. The van der Waals surface area contributed by atoms with Gasteiger partial charge in [-0.3, -0.25) is 4.79 Å². The molecule has 1 fully saturated rings. The van der Waals surface area contributed by atoms with Gasteiger partial charge in [-0.25, -0.2) is 9.78 Å². The highest BCUT2D eigenvalue weighted by atomic mass is 32.1. The highest BCUT2D eigenvalue weighted by molar-refractivity contribution is 7.09. The number of nitrogens with one attached hydrogen (secondary N) is 1. The van der Waals surface area contributed by atoms with Crippen LogP contribution in [0.2, 0.25) is 0 Å². The Morgan fingerprint density at radius 2 is 2.30 bits per heavy atom. The van der Waals surface area contributed by atoms with Gasteiger partial charge >= 0.3 is 5.97 Å². The van der Waals surface area contributed by atoms with E-state index >= 15 is 0 Å². The number of hydrogen-bond donors (Lipinski definition) is 3. The van der Waals surface area contributed by atoms with Gasteiger partial charge in [-0.15, -0.1) is 11.3 Å². The minimum absolute atomic E-state index is 0.0141.